The first-order chi connectivity index (χ1) is 46.4. The van der Waals surface area contributed by atoms with Gasteiger partial charge in [-0.1, -0.05) is 84.9 Å². The van der Waals surface area contributed by atoms with Crippen LogP contribution in [0.5, 0.6) is 0 Å². The van der Waals surface area contributed by atoms with Crippen molar-refractivity contribution >= 4 is 41.1 Å². The van der Waals surface area contributed by atoms with Crippen molar-refractivity contribution in [1.29, 1.82) is 0 Å². The van der Waals surface area contributed by atoms with Crippen molar-refractivity contribution in [3.05, 3.63) is 190 Å². The van der Waals surface area contributed by atoms with E-state index in [1.165, 1.54) is 29.2 Å². The van der Waals surface area contributed by atoms with Crippen LogP contribution in [0, 0.1) is 5.82 Å². The molecule has 24 heteroatoms. The lowest BCUT2D eigenvalue weighted by Crippen LogP contribution is -2.50. The van der Waals surface area contributed by atoms with Crippen LogP contribution in [0.25, 0.3) is 11.1 Å². The van der Waals surface area contributed by atoms with Crippen molar-refractivity contribution in [1.82, 2.24) is 29.4 Å². The molecule has 3 saturated heterocycles. The van der Waals surface area contributed by atoms with Gasteiger partial charge in [0.15, 0.2) is 0 Å². The van der Waals surface area contributed by atoms with Crippen molar-refractivity contribution in [2.45, 2.75) is 86.9 Å². The number of carboxylic acid groups (broad SMARTS) is 1. The van der Waals surface area contributed by atoms with Crippen LogP contribution in [0.2, 0.25) is 0 Å². The van der Waals surface area contributed by atoms with E-state index >= 15 is 0 Å². The van der Waals surface area contributed by atoms with Gasteiger partial charge >= 0.3 is 18.4 Å². The van der Waals surface area contributed by atoms with Gasteiger partial charge in [0.1, 0.15) is 31.4 Å². The number of nitrogens with zero attached hydrogens (tertiary/aromatic N) is 7. The van der Waals surface area contributed by atoms with Gasteiger partial charge in [0.25, 0.3) is 11.8 Å². The molecule has 1 aliphatic carbocycles. The van der Waals surface area contributed by atoms with E-state index < -0.39 is 64.6 Å². The predicted octanol–water partition coefficient (Wildman–Crippen LogP) is 11.8. The highest BCUT2D eigenvalue weighted by Crippen LogP contribution is 2.49. The molecule has 10 rings (SSSR count). The number of hydrogen-bond donors (Lipinski definition) is 2. The van der Waals surface area contributed by atoms with E-state index in [0.717, 1.165) is 32.8 Å². The molecule has 6 aromatic rings. The zero-order chi connectivity index (χ0) is 69.1. The number of hydrogen-bond acceptors (Lipinski definition) is 11. The predicted molar refractivity (Wildman–Crippen MR) is 352 cm³/mol. The number of ether oxygens (including phenoxy) is 3. The number of rotatable bonds is 26. The standard InChI is InChI=1S/C73H83F7N8O9/c1-82(33-12-34-84(3)67(91)52-19-25-59(26-20-52)81-32-11-42-95-47-65(89)83(2)40-41-85-35-27-60(28-36-85)88(69(93)94)63-18-10-8-16-61(63)51-13-5-4-6-14-51)66(90)48-96-64-45-53-15-7-9-17-62(53)70(64)29-37-86(38-30-70)39-31-71(55-21-23-58(74)24-22-55)49-87(50-97-71)68(92)54-43-56(72(75,76)77)46-57(44-54)73(78,79)80/h4-10,13-26,43-44,46,60,64,81H,11-12,27-42,45,47-50H2,1-3H3,(H,93,94)/t64-,71-/m0/s1. The highest BCUT2D eigenvalue weighted by Gasteiger charge is 2.50. The third-order valence-corrected chi connectivity index (χ3v) is 19.5. The van der Waals surface area contributed by atoms with Crippen LogP contribution in [0.3, 0.4) is 0 Å². The number of para-hydroxylation sites is 1. The van der Waals surface area contributed by atoms with E-state index in [0.29, 0.717) is 146 Å². The van der Waals surface area contributed by atoms with Crippen molar-refractivity contribution in [2.75, 3.05) is 130 Å². The molecule has 2 atom stereocenters. The molecule has 3 heterocycles. The van der Waals surface area contributed by atoms with Gasteiger partial charge in [-0.3, -0.25) is 24.1 Å². The molecule has 0 bridgehead atoms. The number of benzene rings is 6. The molecule has 0 saturated carbocycles. The number of carbonyl (C=O) groups is 5. The first-order valence-electron chi connectivity index (χ1n) is 32.9. The molecule has 2 N–H and O–H groups in total. The zero-order valence-electron chi connectivity index (χ0n) is 54.8. The van der Waals surface area contributed by atoms with Gasteiger partial charge in [-0.25, -0.2) is 9.18 Å². The van der Waals surface area contributed by atoms with Crippen LogP contribution in [-0.2, 0) is 53.6 Å². The SMILES string of the molecule is CN(CCN1CCC(N(C(=O)O)c2ccccc2-c2ccccc2)CC1)C(=O)COCCCNc1ccc(C(=O)N(C)CCCN(C)C(=O)CO[C@H]2Cc3ccccc3C23CCN(CC[C@@]2(c4ccc(F)cc4)CN(C(=O)c4cc(C(F)(F)F)cc(C(F)(F)F)c4)CO2)CC3)cc1. The Morgan fingerprint density at radius 1 is 0.670 bits per heavy atom. The molecule has 0 aromatic heterocycles. The monoisotopic (exact) mass is 1350 g/mol. The number of likely N-dealkylation sites (tertiary alicyclic amines) is 2. The Labute approximate surface area is 560 Å². The number of carbonyl (C=O) groups excluding carboxylic acids is 4. The molecule has 17 nitrogen and oxygen atoms in total. The molecule has 3 fully saturated rings. The summed E-state index contributed by atoms with van der Waals surface area (Å²) in [6, 6.07) is 38.7. The van der Waals surface area contributed by atoms with E-state index in [-0.39, 0.29) is 62.1 Å². The Hall–Kier alpha value is -8.42. The average Bonchev–Trinajstić information content (AvgIpc) is 1.61. The number of alkyl halides is 6. The molecule has 5 amide bonds. The quantitative estimate of drug-likeness (QED) is 0.0390. The van der Waals surface area contributed by atoms with Crippen LogP contribution in [0.4, 0.5) is 46.9 Å². The number of amides is 5. The molecule has 1 spiro atoms. The van der Waals surface area contributed by atoms with Gasteiger partial charge in [-0.2, -0.15) is 26.3 Å². The maximum Gasteiger partial charge on any atom is 0.416 e. The maximum absolute atomic E-state index is 14.2. The summed E-state index contributed by atoms with van der Waals surface area (Å²) in [4.78, 5) is 78.4. The summed E-state index contributed by atoms with van der Waals surface area (Å²) in [6.45, 7) is 5.12. The third-order valence-electron chi connectivity index (χ3n) is 19.5. The smallest absolute Gasteiger partial charge is 0.416 e. The molecule has 6 aromatic carbocycles. The molecule has 518 valence electrons. The lowest BCUT2D eigenvalue weighted by Gasteiger charge is -2.44. The summed E-state index contributed by atoms with van der Waals surface area (Å²) in [5.74, 6) is -2.10. The summed E-state index contributed by atoms with van der Waals surface area (Å²) in [6.07, 6.45) is -6.88. The van der Waals surface area contributed by atoms with E-state index in [2.05, 4.69) is 27.2 Å². The number of fused-ring (bicyclic) bond motifs is 2. The minimum absolute atomic E-state index is 0.0312. The fraction of sp³-hybridized carbons (Fsp3) is 0.438. The number of likely N-dealkylation sites (N-methyl/N-ethyl adjacent to an activating group) is 2. The Morgan fingerprint density at radius 3 is 1.97 bits per heavy atom. The molecular formula is C73H83F7N8O9. The van der Waals surface area contributed by atoms with E-state index in [1.807, 2.05) is 78.9 Å². The average molecular weight is 1350 g/mol. The van der Waals surface area contributed by atoms with Gasteiger partial charge in [-0.05, 0) is 147 Å². The molecule has 3 aliphatic heterocycles. The first kappa shape index (κ1) is 71.4. The van der Waals surface area contributed by atoms with E-state index in [4.69, 9.17) is 14.2 Å². The lowest BCUT2D eigenvalue weighted by atomic mass is 9.72. The van der Waals surface area contributed by atoms with Crippen LogP contribution >= 0.6 is 0 Å². The number of piperidine rings is 2. The van der Waals surface area contributed by atoms with E-state index in [1.54, 1.807) is 48.0 Å². The van der Waals surface area contributed by atoms with Crippen LogP contribution in [-0.4, -0.2) is 196 Å². The minimum Gasteiger partial charge on any atom is -0.465 e. The fourth-order valence-electron chi connectivity index (χ4n) is 13.8. The van der Waals surface area contributed by atoms with Crippen LogP contribution < -0.4 is 10.2 Å². The van der Waals surface area contributed by atoms with Crippen molar-refractivity contribution < 1.29 is 74.0 Å². The molecular weight excluding hydrogens is 1270 g/mol. The van der Waals surface area contributed by atoms with Gasteiger partial charge in [-0.15, -0.1) is 0 Å². The third kappa shape index (κ3) is 17.5. The number of halogens is 7. The van der Waals surface area contributed by atoms with Crippen molar-refractivity contribution in [2.24, 2.45) is 0 Å². The largest absolute Gasteiger partial charge is 0.465 e. The topological polar surface area (TPSA) is 168 Å². The Kier molecular flexibility index (Phi) is 23.1. The summed E-state index contributed by atoms with van der Waals surface area (Å²) in [5.41, 5.74) is 0.926. The molecule has 4 aliphatic rings. The molecule has 97 heavy (non-hydrogen) atoms. The second-order valence-electron chi connectivity index (χ2n) is 25.7. The Bertz CT molecular complexity index is 3650. The van der Waals surface area contributed by atoms with Crippen LogP contribution in [0.1, 0.15) is 93.5 Å². The van der Waals surface area contributed by atoms with Gasteiger partial charge < -0.3 is 54.0 Å². The molecule has 0 radical (unpaired) electrons. The highest BCUT2D eigenvalue weighted by molar-refractivity contribution is 5.96. The van der Waals surface area contributed by atoms with Gasteiger partial charge in [0.2, 0.25) is 11.8 Å². The summed E-state index contributed by atoms with van der Waals surface area (Å²) < 4.78 is 115. The number of anilines is 2. The van der Waals surface area contributed by atoms with Crippen LogP contribution in [0.15, 0.2) is 146 Å². The lowest BCUT2D eigenvalue weighted by molar-refractivity contribution is -0.143. The minimum atomic E-state index is -5.15. The fourth-order valence-corrected chi connectivity index (χ4v) is 13.8. The second-order valence-corrected chi connectivity index (χ2v) is 25.7. The normalized spacial score (nSPS) is 18.2. The Balaban J connectivity index is 0.616. The highest BCUT2D eigenvalue weighted by atomic mass is 19.4. The van der Waals surface area contributed by atoms with Gasteiger partial charge in [0, 0.05) is 114 Å². The maximum atomic E-state index is 14.2. The van der Waals surface area contributed by atoms with Crippen molar-refractivity contribution in [3.8, 4) is 11.1 Å². The Morgan fingerprint density at radius 2 is 1.29 bits per heavy atom. The second kappa shape index (κ2) is 31.4. The number of nitrogens with one attached hydrogen (secondary N) is 1. The van der Waals surface area contributed by atoms with Gasteiger partial charge in [0.05, 0.1) is 29.5 Å². The van der Waals surface area contributed by atoms with E-state index in [9.17, 15) is 59.8 Å². The summed E-state index contributed by atoms with van der Waals surface area (Å²) in [5, 5.41) is 13.7. The van der Waals surface area contributed by atoms with Crippen molar-refractivity contribution in [3.63, 3.8) is 0 Å². The molecule has 0 unspecified atom stereocenters. The summed E-state index contributed by atoms with van der Waals surface area (Å²) in [7, 11) is 5.19. The summed E-state index contributed by atoms with van der Waals surface area (Å²) >= 11 is 0. The zero-order valence-corrected chi connectivity index (χ0v) is 54.8. The first-order valence-corrected chi connectivity index (χ1v) is 32.9.